The molecule has 0 radical (unpaired) electrons. The Morgan fingerprint density at radius 2 is 1.68 bits per heavy atom. The van der Waals surface area contributed by atoms with Crippen molar-refractivity contribution in [1.82, 2.24) is 0 Å². The predicted molar refractivity (Wildman–Crippen MR) is 83.0 cm³/mol. The van der Waals surface area contributed by atoms with Gasteiger partial charge >= 0.3 is 26.2 Å². The Hall–Kier alpha value is 0.617. The van der Waals surface area contributed by atoms with Gasteiger partial charge in [-0.2, -0.15) is 11.3 Å². The Morgan fingerprint density at radius 1 is 1.05 bits per heavy atom. The predicted octanol–water partition coefficient (Wildman–Crippen LogP) is -2.15. The van der Waals surface area contributed by atoms with E-state index in [1.807, 2.05) is 0 Å². The Bertz CT molecular complexity index is 496. The summed E-state index contributed by atoms with van der Waals surface area (Å²) >= 11 is 0. The zero-order valence-corrected chi connectivity index (χ0v) is 19.7. The van der Waals surface area contributed by atoms with Crippen LogP contribution in [0.25, 0.3) is 0 Å². The van der Waals surface area contributed by atoms with Crippen molar-refractivity contribution in [2.45, 2.75) is 39.0 Å². The van der Waals surface area contributed by atoms with Crippen LogP contribution in [0.3, 0.4) is 0 Å². The molecule has 0 aliphatic heterocycles. The Morgan fingerprint density at radius 3 is 2.14 bits per heavy atom. The van der Waals surface area contributed by atoms with Crippen molar-refractivity contribution < 1.29 is 59.9 Å². The summed E-state index contributed by atoms with van der Waals surface area (Å²) in [5, 5.41) is 2.37. The number of allylic oxidation sites excluding steroid dienone is 7. The van der Waals surface area contributed by atoms with E-state index >= 15 is 0 Å². The summed E-state index contributed by atoms with van der Waals surface area (Å²) < 4.78 is 12.1. The van der Waals surface area contributed by atoms with Gasteiger partial charge in [0.2, 0.25) is 8.32 Å². The van der Waals surface area contributed by atoms with Crippen molar-refractivity contribution in [2.24, 2.45) is 0 Å². The minimum Gasteiger partial charge on any atom is -1.00 e. The molecule has 0 aromatic carbocycles. The Balaban J connectivity index is 0. The fraction of sp³-hybridized carbons (Fsp3) is 0.467. The molecule has 2 aliphatic rings. The first-order chi connectivity index (χ1) is 8.87. The third-order valence-corrected chi connectivity index (χ3v) is 7.72. The second kappa shape index (κ2) is 9.80. The molecule has 1 atom stereocenters. The summed E-state index contributed by atoms with van der Waals surface area (Å²) in [6.07, 6.45) is 15.0. The van der Waals surface area contributed by atoms with Crippen molar-refractivity contribution in [3.05, 3.63) is 46.5 Å². The van der Waals surface area contributed by atoms with Gasteiger partial charge in [-0.15, -0.1) is 18.9 Å². The molecule has 0 aromatic heterocycles. The molecule has 2 nitrogen and oxygen atoms in total. The van der Waals surface area contributed by atoms with Gasteiger partial charge in [0.1, 0.15) is 0 Å². The summed E-state index contributed by atoms with van der Waals surface area (Å²) in [4.78, 5) is 0. The molecule has 0 spiro atoms. The van der Waals surface area contributed by atoms with Gasteiger partial charge in [-0.05, 0) is 26.2 Å². The first-order valence-corrected chi connectivity index (χ1v) is 12.5. The second-order valence-electron chi connectivity index (χ2n) is 5.97. The third kappa shape index (κ3) is 5.61. The van der Waals surface area contributed by atoms with E-state index < -0.39 is 16.6 Å². The SMILES string of the molecule is CO[Si](C)(C1=[C-]CC=C1)C1=[C-]CC=C1O[Si](C)(C)C.[Cl-].[Cl-].[Zr+4]. The van der Waals surface area contributed by atoms with E-state index in [0.717, 1.165) is 23.8 Å². The molecule has 120 valence electrons. The van der Waals surface area contributed by atoms with Crippen molar-refractivity contribution in [3.8, 4) is 0 Å². The summed E-state index contributed by atoms with van der Waals surface area (Å²) in [6, 6.07) is 0. The van der Waals surface area contributed by atoms with Gasteiger partial charge in [-0.25, -0.2) is 11.3 Å². The van der Waals surface area contributed by atoms with Crippen LogP contribution in [-0.2, 0) is 35.1 Å². The van der Waals surface area contributed by atoms with Crippen LogP contribution in [0.2, 0.25) is 26.2 Å². The molecule has 0 bridgehead atoms. The first kappa shape index (κ1) is 24.9. The van der Waals surface area contributed by atoms with Crippen LogP contribution in [0.1, 0.15) is 12.8 Å². The molecule has 22 heavy (non-hydrogen) atoms. The first-order valence-electron chi connectivity index (χ1n) is 6.70. The monoisotopic (exact) mass is 450 g/mol. The summed E-state index contributed by atoms with van der Waals surface area (Å²) in [5.41, 5.74) is 0. The van der Waals surface area contributed by atoms with Crippen LogP contribution in [-0.4, -0.2) is 23.7 Å². The zero-order valence-electron chi connectivity index (χ0n) is 13.7. The molecular weight excluding hydrogens is 430 g/mol. The molecule has 2 rings (SSSR count). The largest absolute Gasteiger partial charge is 4.00 e. The quantitative estimate of drug-likeness (QED) is 0.350. The molecule has 7 heteroatoms. The van der Waals surface area contributed by atoms with Gasteiger partial charge in [-0.1, -0.05) is 5.76 Å². The van der Waals surface area contributed by atoms with E-state index in [9.17, 15) is 0 Å². The molecule has 2 aliphatic carbocycles. The number of hydrogen-bond acceptors (Lipinski definition) is 2. The summed E-state index contributed by atoms with van der Waals surface area (Å²) in [7, 11) is -1.97. The molecule has 0 heterocycles. The van der Waals surface area contributed by atoms with E-state index in [-0.39, 0.29) is 51.0 Å². The molecule has 0 fully saturated rings. The second-order valence-corrected chi connectivity index (χ2v) is 13.9. The van der Waals surface area contributed by atoms with Crippen LogP contribution in [0, 0.1) is 12.2 Å². The topological polar surface area (TPSA) is 18.5 Å². The van der Waals surface area contributed by atoms with Gasteiger partial charge in [0, 0.05) is 7.11 Å². The molecule has 0 aromatic rings. The van der Waals surface area contributed by atoms with Crippen LogP contribution in [0.4, 0.5) is 0 Å². The molecule has 0 saturated heterocycles. The van der Waals surface area contributed by atoms with Gasteiger partial charge in [0.05, 0.1) is 0 Å². The normalized spacial score (nSPS) is 18.9. The number of hydrogen-bond donors (Lipinski definition) is 0. The molecule has 0 N–H and O–H groups in total. The van der Waals surface area contributed by atoms with E-state index in [0.29, 0.717) is 0 Å². The summed E-state index contributed by atoms with van der Waals surface area (Å²) in [5.74, 6) is 1.00. The number of rotatable bonds is 5. The Kier molecular flexibility index (Phi) is 11.1. The minimum atomic E-state index is -2.17. The van der Waals surface area contributed by atoms with Gasteiger partial charge < -0.3 is 33.7 Å². The average Bonchev–Trinajstić information content (AvgIpc) is 2.96. The van der Waals surface area contributed by atoms with E-state index in [2.05, 4.69) is 56.6 Å². The van der Waals surface area contributed by atoms with E-state index in [1.165, 1.54) is 5.20 Å². The maximum Gasteiger partial charge on any atom is 4.00 e. The van der Waals surface area contributed by atoms with Crippen molar-refractivity contribution in [2.75, 3.05) is 7.11 Å². The van der Waals surface area contributed by atoms with E-state index in [1.54, 1.807) is 7.11 Å². The van der Waals surface area contributed by atoms with Crippen LogP contribution < -0.4 is 24.8 Å². The fourth-order valence-corrected chi connectivity index (χ4v) is 5.92. The maximum atomic E-state index is 6.21. The van der Waals surface area contributed by atoms with Crippen LogP contribution in [0.5, 0.6) is 0 Å². The Labute approximate surface area is 168 Å². The molecule has 0 saturated carbocycles. The zero-order chi connectivity index (χ0) is 14.1. The smallest absolute Gasteiger partial charge is 1.00 e. The third-order valence-electron chi connectivity index (χ3n) is 3.32. The van der Waals surface area contributed by atoms with Crippen molar-refractivity contribution >= 4 is 16.6 Å². The van der Waals surface area contributed by atoms with Crippen LogP contribution >= 0.6 is 0 Å². The average molecular weight is 453 g/mol. The number of halogens is 2. The molecule has 0 amide bonds. The van der Waals surface area contributed by atoms with Gasteiger partial charge in [0.15, 0.2) is 8.32 Å². The van der Waals surface area contributed by atoms with Crippen LogP contribution in [0.15, 0.2) is 34.4 Å². The summed E-state index contributed by atoms with van der Waals surface area (Å²) in [6.45, 7) is 8.82. The minimum absolute atomic E-state index is 0. The van der Waals surface area contributed by atoms with Crippen molar-refractivity contribution in [3.63, 3.8) is 0 Å². The van der Waals surface area contributed by atoms with Gasteiger partial charge in [0.25, 0.3) is 0 Å². The fourth-order valence-electron chi connectivity index (χ4n) is 2.34. The van der Waals surface area contributed by atoms with Crippen molar-refractivity contribution in [1.29, 1.82) is 0 Å². The molecule has 1 unspecified atom stereocenters. The molecular formula is C15H22Cl2O2Si2Zr. The van der Waals surface area contributed by atoms with Gasteiger partial charge in [-0.3, -0.25) is 12.2 Å². The standard InChI is InChI=1S/C15H22O2Si2.2ClH.Zr/c1-16-19(5,13-9-6-7-10-13)15-12-8-11-14(15)17-18(2,3)4;;;/h6,9,11H,7-8H2,1-5H3;2*1H;/q-2;;;+4/p-2. The maximum absolute atomic E-state index is 6.21. The van der Waals surface area contributed by atoms with E-state index in [4.69, 9.17) is 8.85 Å².